The molecule has 2 rings (SSSR count). The van der Waals surface area contributed by atoms with Gasteiger partial charge in [-0.05, 0) is 33.1 Å². The number of aliphatic hydroxyl groups excluding tert-OH is 2. The molecule has 0 aliphatic heterocycles. The summed E-state index contributed by atoms with van der Waals surface area (Å²) in [4.78, 5) is 12.2. The van der Waals surface area contributed by atoms with E-state index in [9.17, 15) is 9.90 Å². The van der Waals surface area contributed by atoms with Crippen LogP contribution in [0.5, 0.6) is 0 Å². The molecule has 0 saturated heterocycles. The van der Waals surface area contributed by atoms with Crippen LogP contribution >= 0.6 is 23.1 Å². The maximum absolute atomic E-state index is 12.2. The monoisotopic (exact) mass is 417 g/mol. The maximum Gasteiger partial charge on any atom is 0.407 e. The number of nitrogens with zero attached hydrogens (tertiary/aromatic N) is 2. The number of thioether (sulfide) groups is 1. The fourth-order valence-corrected chi connectivity index (χ4v) is 4.99. The number of ether oxygens (including phenoxy) is 1. The summed E-state index contributed by atoms with van der Waals surface area (Å²) in [6.45, 7) is 5.33. The van der Waals surface area contributed by atoms with Crippen LogP contribution in [0.4, 0.5) is 4.79 Å². The van der Waals surface area contributed by atoms with Gasteiger partial charge >= 0.3 is 6.09 Å². The molecule has 1 heterocycles. The van der Waals surface area contributed by atoms with E-state index < -0.39 is 17.8 Å². The fraction of sp³-hybridized carbons (Fsp3) is 0.833. The van der Waals surface area contributed by atoms with Crippen molar-refractivity contribution < 1.29 is 19.7 Å². The van der Waals surface area contributed by atoms with Crippen molar-refractivity contribution in [3.8, 4) is 0 Å². The molecule has 0 bridgehead atoms. The molecule has 3 N–H and O–H groups in total. The van der Waals surface area contributed by atoms with E-state index in [2.05, 4.69) is 15.5 Å². The highest BCUT2D eigenvalue weighted by Gasteiger charge is 2.28. The Kier molecular flexibility index (Phi) is 8.78. The molecule has 0 aromatic carbocycles. The summed E-state index contributed by atoms with van der Waals surface area (Å²) in [5.41, 5.74) is -0.577. The van der Waals surface area contributed by atoms with E-state index in [0.717, 1.165) is 19.3 Å². The van der Waals surface area contributed by atoms with Gasteiger partial charge in [-0.3, -0.25) is 0 Å². The number of hydrogen-bond acceptors (Lipinski definition) is 8. The third kappa shape index (κ3) is 8.33. The zero-order valence-electron chi connectivity index (χ0n) is 16.3. The van der Waals surface area contributed by atoms with Crippen LogP contribution < -0.4 is 5.32 Å². The molecule has 1 unspecified atom stereocenters. The number of nitrogens with one attached hydrogen (secondary N) is 1. The summed E-state index contributed by atoms with van der Waals surface area (Å²) in [5.74, 6) is 0.911. The van der Waals surface area contributed by atoms with Gasteiger partial charge < -0.3 is 20.3 Å². The van der Waals surface area contributed by atoms with Gasteiger partial charge in [0.1, 0.15) is 10.6 Å². The lowest BCUT2D eigenvalue weighted by molar-refractivity contribution is 0.0416. The molecule has 0 spiro atoms. The molecule has 27 heavy (non-hydrogen) atoms. The van der Waals surface area contributed by atoms with Crippen molar-refractivity contribution >= 4 is 29.2 Å². The number of hydrogen-bond donors (Lipinski definition) is 3. The van der Waals surface area contributed by atoms with Gasteiger partial charge in [0.15, 0.2) is 4.34 Å². The number of carbonyl (C=O) groups excluding carboxylic acids is 1. The Morgan fingerprint density at radius 3 is 2.63 bits per heavy atom. The molecule has 9 heteroatoms. The standard InChI is InChI=1S/C18H31N3O4S2/c1-18(2,3)25-16(24)19-13(9-12-7-5-4-6-8-12)14(23)11-26-17-21-20-15(10-22)27-17/h12-14,22-23H,4-11H2,1-3H3,(H,19,24)/t13-,14?/m0/s1. The lowest BCUT2D eigenvalue weighted by Crippen LogP contribution is -2.47. The molecule has 1 amide bonds. The van der Waals surface area contributed by atoms with E-state index in [-0.39, 0.29) is 12.6 Å². The minimum absolute atomic E-state index is 0.134. The van der Waals surface area contributed by atoms with Crippen LogP contribution in [-0.4, -0.2) is 50.0 Å². The number of carbonyl (C=O) groups is 1. The van der Waals surface area contributed by atoms with Crippen LogP contribution in [0, 0.1) is 5.92 Å². The third-order valence-electron chi connectivity index (χ3n) is 4.44. The molecule has 1 aromatic heterocycles. The highest BCUT2D eigenvalue weighted by atomic mass is 32.2. The summed E-state index contributed by atoms with van der Waals surface area (Å²) in [6, 6.07) is -0.360. The fourth-order valence-electron chi connectivity index (χ4n) is 3.19. The first-order valence-electron chi connectivity index (χ1n) is 9.50. The zero-order valence-corrected chi connectivity index (χ0v) is 17.9. The van der Waals surface area contributed by atoms with Crippen LogP contribution in [-0.2, 0) is 11.3 Å². The Labute approximate surface area is 169 Å². The van der Waals surface area contributed by atoms with Crippen LogP contribution in [0.2, 0.25) is 0 Å². The lowest BCUT2D eigenvalue weighted by Gasteiger charge is -2.30. The van der Waals surface area contributed by atoms with Gasteiger partial charge in [-0.25, -0.2) is 4.79 Å². The second kappa shape index (κ2) is 10.6. The summed E-state index contributed by atoms with van der Waals surface area (Å²) < 4.78 is 6.07. The lowest BCUT2D eigenvalue weighted by atomic mass is 9.84. The van der Waals surface area contributed by atoms with Gasteiger partial charge in [-0.2, -0.15) is 0 Å². The van der Waals surface area contributed by atoms with E-state index in [0.29, 0.717) is 21.0 Å². The highest BCUT2D eigenvalue weighted by molar-refractivity contribution is 8.01. The first kappa shape index (κ1) is 22.4. The smallest absolute Gasteiger partial charge is 0.407 e. The Bertz CT molecular complexity index is 585. The normalized spacial score (nSPS) is 18.1. The van der Waals surface area contributed by atoms with Gasteiger partial charge in [-0.15, -0.1) is 10.2 Å². The Morgan fingerprint density at radius 2 is 2.04 bits per heavy atom. The average Bonchev–Trinajstić information content (AvgIpc) is 3.06. The zero-order chi connectivity index (χ0) is 19.9. The Morgan fingerprint density at radius 1 is 1.33 bits per heavy atom. The molecule has 1 fully saturated rings. The predicted octanol–water partition coefficient (Wildman–Crippen LogP) is 3.35. The predicted molar refractivity (Wildman–Crippen MR) is 107 cm³/mol. The molecular formula is C18H31N3O4S2. The van der Waals surface area contributed by atoms with Gasteiger partial charge in [-0.1, -0.05) is 55.2 Å². The summed E-state index contributed by atoms with van der Waals surface area (Å²) in [6.07, 6.45) is 5.51. The molecule has 1 saturated carbocycles. The molecule has 7 nitrogen and oxygen atoms in total. The molecule has 154 valence electrons. The average molecular weight is 418 g/mol. The first-order chi connectivity index (χ1) is 12.8. The second-order valence-electron chi connectivity index (χ2n) is 7.99. The van der Waals surface area contributed by atoms with E-state index in [1.165, 1.54) is 42.4 Å². The summed E-state index contributed by atoms with van der Waals surface area (Å²) in [5, 5.41) is 31.1. The number of amides is 1. The Hall–Kier alpha value is -0.900. The van der Waals surface area contributed by atoms with Crippen molar-refractivity contribution in [2.45, 2.75) is 88.0 Å². The van der Waals surface area contributed by atoms with E-state index in [1.807, 2.05) is 20.8 Å². The molecule has 1 aliphatic carbocycles. The van der Waals surface area contributed by atoms with Crippen LogP contribution in [0.3, 0.4) is 0 Å². The number of rotatable bonds is 8. The molecule has 0 radical (unpaired) electrons. The number of aliphatic hydroxyl groups is 2. The third-order valence-corrected chi connectivity index (χ3v) is 6.58. The van der Waals surface area contributed by atoms with Crippen LogP contribution in [0.25, 0.3) is 0 Å². The van der Waals surface area contributed by atoms with E-state index >= 15 is 0 Å². The van der Waals surface area contributed by atoms with Gasteiger partial charge in [0, 0.05) is 5.75 Å². The first-order valence-corrected chi connectivity index (χ1v) is 11.3. The highest BCUT2D eigenvalue weighted by Crippen LogP contribution is 2.30. The molecule has 1 aromatic rings. The molecule has 1 aliphatic rings. The van der Waals surface area contributed by atoms with Crippen LogP contribution in [0.15, 0.2) is 4.34 Å². The second-order valence-corrected chi connectivity index (χ2v) is 10.3. The SMILES string of the molecule is CC(C)(C)OC(=O)N[C@@H](CC1CCCCC1)C(O)CSc1nnc(CO)s1. The summed E-state index contributed by atoms with van der Waals surface area (Å²) in [7, 11) is 0. The van der Waals surface area contributed by atoms with Crippen LogP contribution in [0.1, 0.15) is 64.3 Å². The summed E-state index contributed by atoms with van der Waals surface area (Å²) >= 11 is 2.70. The van der Waals surface area contributed by atoms with E-state index in [4.69, 9.17) is 9.84 Å². The van der Waals surface area contributed by atoms with Crippen molar-refractivity contribution in [1.82, 2.24) is 15.5 Å². The van der Waals surface area contributed by atoms with Gasteiger partial charge in [0.2, 0.25) is 0 Å². The van der Waals surface area contributed by atoms with Crippen molar-refractivity contribution in [2.75, 3.05) is 5.75 Å². The minimum Gasteiger partial charge on any atom is -0.444 e. The van der Waals surface area contributed by atoms with Crippen molar-refractivity contribution in [3.63, 3.8) is 0 Å². The van der Waals surface area contributed by atoms with Crippen molar-refractivity contribution in [2.24, 2.45) is 5.92 Å². The largest absolute Gasteiger partial charge is 0.444 e. The van der Waals surface area contributed by atoms with Gasteiger partial charge in [0.25, 0.3) is 0 Å². The molecule has 2 atom stereocenters. The number of aromatic nitrogens is 2. The Balaban J connectivity index is 1.94. The van der Waals surface area contributed by atoms with Crippen molar-refractivity contribution in [3.05, 3.63) is 5.01 Å². The maximum atomic E-state index is 12.2. The topological polar surface area (TPSA) is 105 Å². The van der Waals surface area contributed by atoms with Gasteiger partial charge in [0.05, 0.1) is 18.8 Å². The quantitative estimate of drug-likeness (QED) is 0.557. The molecular weight excluding hydrogens is 386 g/mol. The number of alkyl carbamates (subject to hydrolysis) is 1. The minimum atomic E-state index is -0.717. The van der Waals surface area contributed by atoms with Crippen molar-refractivity contribution in [1.29, 1.82) is 0 Å². The van der Waals surface area contributed by atoms with E-state index in [1.54, 1.807) is 0 Å².